The van der Waals surface area contributed by atoms with Crippen LogP contribution in [0.5, 0.6) is 17.2 Å². The van der Waals surface area contributed by atoms with Gasteiger partial charge < -0.3 is 49.6 Å². The van der Waals surface area contributed by atoms with E-state index in [0.29, 0.717) is 42.0 Å². The summed E-state index contributed by atoms with van der Waals surface area (Å²) in [5.74, 6) is -2.60. The zero-order valence-corrected chi connectivity index (χ0v) is 39.1. The summed E-state index contributed by atoms with van der Waals surface area (Å²) < 4.78 is 22.8. The maximum absolute atomic E-state index is 13.4. The molecule has 68 heavy (non-hydrogen) atoms. The summed E-state index contributed by atoms with van der Waals surface area (Å²) in [4.78, 5) is 66.4. The van der Waals surface area contributed by atoms with Crippen LogP contribution >= 0.6 is 0 Å². The number of aromatic hydroxyl groups is 2. The number of methoxy groups -OCH3 is 1. The Bertz CT molecular complexity index is 2550. The number of aliphatic hydroxyl groups excluding tert-OH is 1. The van der Waals surface area contributed by atoms with E-state index in [9.17, 15) is 44.2 Å². The molecular weight excluding hydrogens is 875 g/mol. The number of nitrogens with zero attached hydrogens (tertiary/aromatic N) is 1. The van der Waals surface area contributed by atoms with E-state index in [4.69, 9.17) is 24.1 Å². The van der Waals surface area contributed by atoms with Gasteiger partial charge in [0.1, 0.15) is 42.8 Å². The zero-order chi connectivity index (χ0) is 49.1. The first-order valence-corrected chi connectivity index (χ1v) is 23.0. The van der Waals surface area contributed by atoms with Crippen molar-refractivity contribution < 1.29 is 68.3 Å². The number of rotatable bonds is 12. The minimum Gasteiger partial charge on any atom is -0.507 e. The molecule has 4 aromatic rings. The van der Waals surface area contributed by atoms with Gasteiger partial charge in [-0.3, -0.25) is 24.1 Å². The van der Waals surface area contributed by atoms with E-state index in [2.05, 4.69) is 31.3 Å². The maximum atomic E-state index is 13.4. The summed E-state index contributed by atoms with van der Waals surface area (Å²) in [6.45, 7) is 9.96. The lowest BCUT2D eigenvalue weighted by molar-refractivity contribution is -0.126. The van der Waals surface area contributed by atoms with Gasteiger partial charge in [-0.05, 0) is 87.0 Å². The predicted octanol–water partition coefficient (Wildman–Crippen LogP) is 4.43. The molecule has 17 heteroatoms. The molecule has 2 saturated heterocycles. The SMILES string of the molecule is CC(C)Cc1ccc(C(C)C(=O)NC(C)C(OC(=O)N2COC3C(C)OCCC32)c2ccc(B(O)O)cc2)cc1.COc1cccc2c1C(=O)c1c(O)c3c(c(O)c1C2=O)CC(C(=O)CO)CC3. The van der Waals surface area contributed by atoms with Crippen molar-refractivity contribution in [1.82, 2.24) is 10.2 Å². The number of ketones is 3. The second-order valence-corrected chi connectivity index (χ2v) is 18.4. The summed E-state index contributed by atoms with van der Waals surface area (Å²) in [6.07, 6.45) is 0.654. The van der Waals surface area contributed by atoms with Crippen molar-refractivity contribution in [2.24, 2.45) is 11.8 Å². The van der Waals surface area contributed by atoms with Crippen molar-refractivity contribution in [1.29, 1.82) is 0 Å². The Morgan fingerprint density at radius 1 is 0.853 bits per heavy atom. The van der Waals surface area contributed by atoms with E-state index in [1.807, 2.05) is 26.0 Å². The van der Waals surface area contributed by atoms with Crippen molar-refractivity contribution in [3.63, 3.8) is 0 Å². The van der Waals surface area contributed by atoms with Crippen LogP contribution in [0.15, 0.2) is 66.7 Å². The minimum absolute atomic E-state index is 0.0568. The predicted molar refractivity (Wildman–Crippen MR) is 249 cm³/mol. The molecule has 6 N–H and O–H groups in total. The summed E-state index contributed by atoms with van der Waals surface area (Å²) in [7, 11) is -0.236. The summed E-state index contributed by atoms with van der Waals surface area (Å²) in [5.41, 5.74) is 3.37. The van der Waals surface area contributed by atoms with E-state index in [1.54, 1.807) is 48.2 Å². The molecule has 4 aromatic carbocycles. The van der Waals surface area contributed by atoms with E-state index in [0.717, 1.165) is 12.0 Å². The van der Waals surface area contributed by atoms with Gasteiger partial charge in [-0.15, -0.1) is 0 Å². The molecule has 2 fully saturated rings. The first-order valence-electron chi connectivity index (χ1n) is 23.0. The Morgan fingerprint density at radius 3 is 2.16 bits per heavy atom. The lowest BCUT2D eigenvalue weighted by Gasteiger charge is -2.34. The highest BCUT2D eigenvalue weighted by molar-refractivity contribution is 6.58. The number of benzene rings is 4. The number of nitrogens with one attached hydrogen (secondary N) is 1. The fraction of sp³-hybridized carbons (Fsp3) is 0.431. The zero-order valence-electron chi connectivity index (χ0n) is 39.1. The quantitative estimate of drug-likeness (QED) is 0.0750. The highest BCUT2D eigenvalue weighted by Gasteiger charge is 2.46. The maximum Gasteiger partial charge on any atom is 0.488 e. The van der Waals surface area contributed by atoms with Gasteiger partial charge in [-0.2, -0.15) is 0 Å². The molecule has 0 bridgehead atoms. The van der Waals surface area contributed by atoms with Gasteiger partial charge in [0, 0.05) is 29.2 Å². The molecule has 0 aromatic heterocycles. The van der Waals surface area contributed by atoms with E-state index >= 15 is 0 Å². The number of hydrogen-bond donors (Lipinski definition) is 6. The van der Waals surface area contributed by atoms with Crippen LogP contribution in [0.3, 0.4) is 0 Å². The molecule has 360 valence electrons. The number of phenolic OH excluding ortho intramolecular Hbond substituents is 2. The van der Waals surface area contributed by atoms with Crippen molar-refractivity contribution in [2.45, 2.75) is 103 Å². The number of carbonyl (C=O) groups is 5. The first kappa shape index (κ1) is 49.8. The monoisotopic (exact) mass is 934 g/mol. The first-order chi connectivity index (χ1) is 32.4. The van der Waals surface area contributed by atoms with Gasteiger partial charge in [0.05, 0.1) is 47.9 Å². The molecule has 0 spiro atoms. The largest absolute Gasteiger partial charge is 0.507 e. The van der Waals surface area contributed by atoms with E-state index < -0.39 is 55.4 Å². The van der Waals surface area contributed by atoms with Crippen LogP contribution in [0, 0.1) is 11.8 Å². The molecule has 2 amide bonds. The molecular formula is C51H59BN2O14. The molecule has 2 heterocycles. The number of phenols is 2. The molecule has 7 atom stereocenters. The topological polar surface area (TPSA) is 239 Å². The highest BCUT2D eigenvalue weighted by atomic mass is 16.6. The van der Waals surface area contributed by atoms with Crippen LogP contribution < -0.4 is 15.5 Å². The molecule has 8 rings (SSSR count). The molecule has 0 radical (unpaired) electrons. The fourth-order valence-electron chi connectivity index (χ4n) is 9.67. The fourth-order valence-corrected chi connectivity index (χ4v) is 9.67. The van der Waals surface area contributed by atoms with Crippen LogP contribution in [0.25, 0.3) is 0 Å². The summed E-state index contributed by atoms with van der Waals surface area (Å²) in [6, 6.07) is 18.4. The number of hydrogen-bond acceptors (Lipinski definition) is 14. The van der Waals surface area contributed by atoms with Gasteiger partial charge >= 0.3 is 13.2 Å². The van der Waals surface area contributed by atoms with Crippen LogP contribution in [0.4, 0.5) is 4.79 Å². The molecule has 2 aliphatic heterocycles. The highest BCUT2D eigenvalue weighted by Crippen LogP contribution is 2.47. The molecule has 7 unspecified atom stereocenters. The van der Waals surface area contributed by atoms with Crippen molar-refractivity contribution in [3.05, 3.63) is 117 Å². The Morgan fingerprint density at radius 2 is 1.51 bits per heavy atom. The lowest BCUT2D eigenvalue weighted by atomic mass is 9.75. The Labute approximate surface area is 395 Å². The minimum atomic E-state index is -1.62. The average molecular weight is 935 g/mol. The van der Waals surface area contributed by atoms with Crippen LogP contribution in [0.1, 0.15) is 119 Å². The van der Waals surface area contributed by atoms with Crippen molar-refractivity contribution >= 4 is 41.9 Å². The van der Waals surface area contributed by atoms with Crippen molar-refractivity contribution in [2.75, 3.05) is 27.1 Å². The van der Waals surface area contributed by atoms with Gasteiger partial charge in [0.25, 0.3) is 0 Å². The molecule has 2 aliphatic carbocycles. The number of fused-ring (bicyclic) bond motifs is 4. The summed E-state index contributed by atoms with van der Waals surface area (Å²) >= 11 is 0. The standard InChI is InChI=1S/C30H41BN2O7.C21H18O7/c1-18(2)16-22-6-8-23(9-7-22)19(3)29(34)32-20(4)27(24-10-12-25(13-11-24)31(36)37)40-30(35)33-17-39-28-21(5)38-15-14-26(28)33;1-28-14-4-2-3-11-15(14)21(27)17-16(19(11)25)20(26)12-7-9(13(23)8-22)5-6-10(12)18(17)24/h6-13,18-21,26-28,36-37H,14-17H2,1-5H3,(H,32,34);2-4,9,22,24,26H,5-8H2,1H3. The number of carbonyl (C=O) groups excluding carboxylic acids is 5. The van der Waals surface area contributed by atoms with Crippen LogP contribution in [-0.2, 0) is 43.1 Å². The third-order valence-corrected chi connectivity index (χ3v) is 13.4. The third-order valence-electron chi connectivity index (χ3n) is 13.4. The van der Waals surface area contributed by atoms with Crippen LogP contribution in [0.2, 0.25) is 0 Å². The smallest absolute Gasteiger partial charge is 0.488 e. The number of aliphatic hydroxyl groups is 1. The van der Waals surface area contributed by atoms with Crippen molar-refractivity contribution in [3.8, 4) is 17.2 Å². The Kier molecular flexibility index (Phi) is 15.4. The number of amides is 2. The molecule has 16 nitrogen and oxygen atoms in total. The average Bonchev–Trinajstić information content (AvgIpc) is 3.78. The van der Waals surface area contributed by atoms with Gasteiger partial charge in [-0.25, -0.2) is 4.79 Å². The Hall–Kier alpha value is -6.11. The summed E-state index contributed by atoms with van der Waals surface area (Å²) in [5, 5.41) is 52.8. The van der Waals surface area contributed by atoms with Gasteiger partial charge in [0.2, 0.25) is 11.7 Å². The van der Waals surface area contributed by atoms with Gasteiger partial charge in [0.15, 0.2) is 11.6 Å². The molecule has 4 aliphatic rings. The van der Waals surface area contributed by atoms with Crippen LogP contribution in [-0.4, -0.2) is 118 Å². The normalized spacial score (nSPS) is 20.6. The van der Waals surface area contributed by atoms with E-state index in [1.165, 1.54) is 18.7 Å². The van der Waals surface area contributed by atoms with Gasteiger partial charge in [-0.1, -0.05) is 74.5 Å². The second-order valence-electron chi connectivity index (χ2n) is 18.4. The van der Waals surface area contributed by atoms with E-state index in [-0.39, 0.29) is 94.6 Å². The number of ether oxygens (including phenoxy) is 4. The number of Topliss-reactive ketones (excluding diaryl/α,β-unsaturated/α-hetero) is 1. The molecule has 0 saturated carbocycles. The Balaban J connectivity index is 0.000000214. The second kappa shape index (κ2) is 21.0. The lowest BCUT2D eigenvalue weighted by Crippen LogP contribution is -2.49. The third kappa shape index (κ3) is 10.0.